The summed E-state index contributed by atoms with van der Waals surface area (Å²) in [6.45, 7) is 0. The molecular weight excluding hydrogens is 378 g/mol. The Morgan fingerprint density at radius 3 is 2.50 bits per heavy atom. The van der Waals surface area contributed by atoms with Crippen molar-refractivity contribution in [2.24, 2.45) is 4.99 Å². The van der Waals surface area contributed by atoms with E-state index in [0.717, 1.165) is 20.2 Å². The average Bonchev–Trinajstić information content (AvgIpc) is 2.46. The fraction of sp³-hybridized carbons (Fsp3) is 0. The van der Waals surface area contributed by atoms with Gasteiger partial charge in [-0.05, 0) is 44.9 Å². The third-order valence-corrected chi connectivity index (χ3v) is 4.20. The number of fused-ring (bicyclic) bond motifs is 1. The average molecular weight is 389 g/mol. The van der Waals surface area contributed by atoms with E-state index >= 15 is 0 Å². The van der Waals surface area contributed by atoms with Crippen molar-refractivity contribution in [1.82, 2.24) is 0 Å². The molecule has 0 aliphatic carbocycles. The minimum atomic E-state index is 0.918. The van der Waals surface area contributed by atoms with E-state index in [1.165, 1.54) is 10.8 Å². The zero-order valence-electron chi connectivity index (χ0n) is 10.6. The third-order valence-electron chi connectivity index (χ3n) is 3.08. The van der Waals surface area contributed by atoms with Crippen LogP contribution >= 0.6 is 31.9 Å². The molecule has 20 heavy (non-hydrogen) atoms. The highest BCUT2D eigenvalue weighted by Gasteiger charge is 2.00. The van der Waals surface area contributed by atoms with Crippen LogP contribution in [0.15, 0.2) is 74.6 Å². The first-order valence-corrected chi connectivity index (χ1v) is 7.79. The van der Waals surface area contributed by atoms with Crippen molar-refractivity contribution in [2.45, 2.75) is 0 Å². The fourth-order valence-electron chi connectivity index (χ4n) is 2.09. The Balaban J connectivity index is 2.02. The molecule has 98 valence electrons. The zero-order chi connectivity index (χ0) is 13.9. The van der Waals surface area contributed by atoms with Gasteiger partial charge in [-0.2, -0.15) is 0 Å². The van der Waals surface area contributed by atoms with Crippen LogP contribution in [-0.4, -0.2) is 6.21 Å². The molecule has 1 nitrogen and oxygen atoms in total. The summed E-state index contributed by atoms with van der Waals surface area (Å²) in [6, 6.07) is 20.5. The molecule has 0 atom stereocenters. The van der Waals surface area contributed by atoms with E-state index in [0.29, 0.717) is 0 Å². The van der Waals surface area contributed by atoms with Gasteiger partial charge in [0.25, 0.3) is 0 Å². The van der Waals surface area contributed by atoms with Crippen molar-refractivity contribution < 1.29 is 0 Å². The second-order valence-corrected chi connectivity index (χ2v) is 6.19. The molecule has 0 heterocycles. The van der Waals surface area contributed by atoms with Crippen LogP contribution < -0.4 is 0 Å². The van der Waals surface area contributed by atoms with E-state index in [1.807, 2.05) is 24.4 Å². The number of nitrogens with zero attached hydrogens (tertiary/aromatic N) is 1. The Labute approximate surface area is 134 Å². The monoisotopic (exact) mass is 387 g/mol. The van der Waals surface area contributed by atoms with E-state index < -0.39 is 0 Å². The number of hydrogen-bond acceptors (Lipinski definition) is 1. The SMILES string of the molecule is Brc1ccc(N=Cc2cccc3ccccc23)c(Br)c1. The van der Waals surface area contributed by atoms with E-state index in [4.69, 9.17) is 0 Å². The van der Waals surface area contributed by atoms with Gasteiger partial charge in [0.15, 0.2) is 0 Å². The van der Waals surface area contributed by atoms with Crippen molar-refractivity contribution >= 4 is 54.5 Å². The van der Waals surface area contributed by atoms with Crippen LogP contribution in [0.1, 0.15) is 5.56 Å². The van der Waals surface area contributed by atoms with Crippen LogP contribution in [-0.2, 0) is 0 Å². The molecule has 0 fully saturated rings. The largest absolute Gasteiger partial charge is 0.255 e. The highest BCUT2D eigenvalue weighted by atomic mass is 79.9. The summed E-state index contributed by atoms with van der Waals surface area (Å²) in [6.07, 6.45) is 1.91. The molecule has 3 aromatic carbocycles. The maximum atomic E-state index is 4.57. The normalized spacial score (nSPS) is 11.3. The topological polar surface area (TPSA) is 12.4 Å². The van der Waals surface area contributed by atoms with Gasteiger partial charge in [-0.3, -0.25) is 4.99 Å². The summed E-state index contributed by atoms with van der Waals surface area (Å²) in [5.41, 5.74) is 2.04. The van der Waals surface area contributed by atoms with Gasteiger partial charge >= 0.3 is 0 Å². The molecule has 0 bridgehead atoms. The lowest BCUT2D eigenvalue weighted by molar-refractivity contribution is 1.48. The van der Waals surface area contributed by atoms with Crippen molar-refractivity contribution in [2.75, 3.05) is 0 Å². The smallest absolute Gasteiger partial charge is 0.0772 e. The molecule has 0 radical (unpaired) electrons. The predicted molar refractivity (Wildman–Crippen MR) is 93.0 cm³/mol. The van der Waals surface area contributed by atoms with Crippen LogP contribution in [0, 0.1) is 0 Å². The number of benzene rings is 3. The molecule has 0 saturated carbocycles. The van der Waals surface area contributed by atoms with Crippen LogP contribution in [0.3, 0.4) is 0 Å². The summed E-state index contributed by atoms with van der Waals surface area (Å²) in [5.74, 6) is 0. The summed E-state index contributed by atoms with van der Waals surface area (Å²) < 4.78 is 2.01. The summed E-state index contributed by atoms with van der Waals surface area (Å²) in [5, 5.41) is 2.44. The minimum Gasteiger partial charge on any atom is -0.255 e. The second-order valence-electron chi connectivity index (χ2n) is 4.42. The van der Waals surface area contributed by atoms with Gasteiger partial charge in [0, 0.05) is 20.7 Å². The lowest BCUT2D eigenvalue weighted by Crippen LogP contribution is -1.83. The molecule has 0 unspecified atom stereocenters. The number of rotatable bonds is 2. The van der Waals surface area contributed by atoms with Crippen LogP contribution in [0.25, 0.3) is 10.8 Å². The standard InChI is InChI=1S/C17H11Br2N/c18-14-8-9-17(16(19)10-14)20-11-13-6-3-5-12-4-1-2-7-15(12)13/h1-11H. The van der Waals surface area contributed by atoms with Gasteiger partial charge in [0.1, 0.15) is 0 Å². The molecule has 3 aromatic rings. The fourth-order valence-corrected chi connectivity index (χ4v) is 3.24. The molecule has 0 spiro atoms. The van der Waals surface area contributed by atoms with Gasteiger partial charge in [-0.1, -0.05) is 58.4 Å². The van der Waals surface area contributed by atoms with E-state index in [2.05, 4.69) is 79.3 Å². The Bertz CT molecular complexity index is 789. The Kier molecular flexibility index (Phi) is 3.99. The van der Waals surface area contributed by atoms with Crippen LogP contribution in [0.2, 0.25) is 0 Å². The maximum Gasteiger partial charge on any atom is 0.0772 e. The Hall–Kier alpha value is -1.45. The Morgan fingerprint density at radius 2 is 1.65 bits per heavy atom. The number of hydrogen-bond donors (Lipinski definition) is 0. The van der Waals surface area contributed by atoms with Gasteiger partial charge in [0.2, 0.25) is 0 Å². The van der Waals surface area contributed by atoms with Crippen molar-refractivity contribution in [1.29, 1.82) is 0 Å². The minimum absolute atomic E-state index is 0.918. The Morgan fingerprint density at radius 1 is 0.850 bits per heavy atom. The van der Waals surface area contributed by atoms with Gasteiger partial charge in [-0.15, -0.1) is 0 Å². The number of halogens is 2. The highest BCUT2D eigenvalue weighted by molar-refractivity contribution is 9.11. The van der Waals surface area contributed by atoms with Gasteiger partial charge < -0.3 is 0 Å². The molecule has 0 aliphatic rings. The second kappa shape index (κ2) is 5.90. The summed E-state index contributed by atoms with van der Waals surface area (Å²) in [7, 11) is 0. The first-order chi connectivity index (χ1) is 9.74. The lowest BCUT2D eigenvalue weighted by atomic mass is 10.1. The van der Waals surface area contributed by atoms with Gasteiger partial charge in [-0.25, -0.2) is 0 Å². The molecule has 3 rings (SSSR count). The van der Waals surface area contributed by atoms with E-state index in [-0.39, 0.29) is 0 Å². The van der Waals surface area contributed by atoms with Crippen molar-refractivity contribution in [3.8, 4) is 0 Å². The van der Waals surface area contributed by atoms with Gasteiger partial charge in [0.05, 0.1) is 5.69 Å². The molecular formula is C17H11Br2N. The predicted octanol–water partition coefficient (Wildman–Crippen LogP) is 6.12. The molecule has 0 aliphatic heterocycles. The molecule has 0 aromatic heterocycles. The molecule has 0 saturated heterocycles. The quantitative estimate of drug-likeness (QED) is 0.469. The summed E-state index contributed by atoms with van der Waals surface area (Å²) >= 11 is 6.97. The van der Waals surface area contributed by atoms with Crippen LogP contribution in [0.5, 0.6) is 0 Å². The van der Waals surface area contributed by atoms with Crippen LogP contribution in [0.4, 0.5) is 5.69 Å². The zero-order valence-corrected chi connectivity index (χ0v) is 13.7. The molecule has 0 N–H and O–H groups in total. The third kappa shape index (κ3) is 2.84. The summed E-state index contributed by atoms with van der Waals surface area (Å²) in [4.78, 5) is 4.57. The first kappa shape index (κ1) is 13.5. The maximum absolute atomic E-state index is 4.57. The lowest BCUT2D eigenvalue weighted by Gasteiger charge is -2.02. The first-order valence-electron chi connectivity index (χ1n) is 6.21. The van der Waals surface area contributed by atoms with Crippen molar-refractivity contribution in [3.05, 3.63) is 75.2 Å². The van der Waals surface area contributed by atoms with E-state index in [1.54, 1.807) is 0 Å². The van der Waals surface area contributed by atoms with Crippen molar-refractivity contribution in [3.63, 3.8) is 0 Å². The molecule has 0 amide bonds. The van der Waals surface area contributed by atoms with E-state index in [9.17, 15) is 0 Å². The molecule has 3 heteroatoms. The highest BCUT2D eigenvalue weighted by Crippen LogP contribution is 2.28. The number of aliphatic imine (C=N–C) groups is 1.